The second kappa shape index (κ2) is 5.30. The van der Waals surface area contributed by atoms with Gasteiger partial charge in [0, 0.05) is 19.0 Å². The summed E-state index contributed by atoms with van der Waals surface area (Å²) in [5, 5.41) is -0.245. The monoisotopic (exact) mass is 317 g/mol. The Hall–Kier alpha value is -1.61. The lowest BCUT2D eigenvalue weighted by Gasteiger charge is -2.12. The fraction of sp³-hybridized carbons (Fsp3) is 0.667. The van der Waals surface area contributed by atoms with Crippen molar-refractivity contribution in [1.29, 1.82) is 0 Å². The predicted molar refractivity (Wildman–Crippen MR) is 73.3 cm³/mol. The molecule has 1 aromatic heterocycles. The molecule has 1 amide bonds. The molecule has 9 heteroatoms. The number of sulfonamides is 1. The average Bonchev–Trinajstić information content (AvgIpc) is 2.95. The number of aromatic nitrogens is 1. The Balaban J connectivity index is 2.02. The van der Waals surface area contributed by atoms with Gasteiger partial charge in [0.1, 0.15) is 6.10 Å². The Bertz CT molecular complexity index is 632. The van der Waals surface area contributed by atoms with Crippen LogP contribution in [0.5, 0.6) is 0 Å². The SMILES string of the molecule is CN1C[C@@H](CNS(=O)(=O)c2cnc(C(C)(C)C)o2)OC1=O. The van der Waals surface area contributed by atoms with Crippen LogP contribution < -0.4 is 4.72 Å². The smallest absolute Gasteiger partial charge is 0.410 e. The molecule has 2 rings (SSSR count). The molecule has 8 nitrogen and oxygen atoms in total. The summed E-state index contributed by atoms with van der Waals surface area (Å²) < 4.78 is 36.8. The second-order valence-electron chi connectivity index (χ2n) is 5.97. The Kier molecular flexibility index (Phi) is 3.98. The highest BCUT2D eigenvalue weighted by molar-refractivity contribution is 7.89. The first-order valence-corrected chi connectivity index (χ1v) is 7.95. The molecule has 21 heavy (non-hydrogen) atoms. The highest BCUT2D eigenvalue weighted by atomic mass is 32.2. The van der Waals surface area contributed by atoms with Crippen molar-refractivity contribution in [3.63, 3.8) is 0 Å². The summed E-state index contributed by atoms with van der Waals surface area (Å²) >= 11 is 0. The van der Waals surface area contributed by atoms with Crippen molar-refractivity contribution in [2.75, 3.05) is 20.1 Å². The van der Waals surface area contributed by atoms with Gasteiger partial charge in [0.05, 0.1) is 12.7 Å². The molecule has 118 valence electrons. The fourth-order valence-electron chi connectivity index (χ4n) is 1.76. The van der Waals surface area contributed by atoms with Crippen molar-refractivity contribution in [3.05, 3.63) is 12.1 Å². The van der Waals surface area contributed by atoms with Gasteiger partial charge in [-0.2, -0.15) is 0 Å². The van der Waals surface area contributed by atoms with Gasteiger partial charge in [-0.15, -0.1) is 0 Å². The summed E-state index contributed by atoms with van der Waals surface area (Å²) in [6.45, 7) is 5.94. The largest absolute Gasteiger partial charge is 0.443 e. The van der Waals surface area contributed by atoms with Crippen LogP contribution in [0.3, 0.4) is 0 Å². The van der Waals surface area contributed by atoms with E-state index < -0.39 is 22.2 Å². The summed E-state index contributed by atoms with van der Waals surface area (Å²) in [4.78, 5) is 16.5. The number of carbonyl (C=O) groups excluding carboxylic acids is 1. The molecule has 1 aliphatic rings. The van der Waals surface area contributed by atoms with Crippen molar-refractivity contribution >= 4 is 16.1 Å². The van der Waals surface area contributed by atoms with Crippen LogP contribution in [0.4, 0.5) is 4.79 Å². The van der Waals surface area contributed by atoms with Crippen LogP contribution in [0.2, 0.25) is 0 Å². The number of rotatable bonds is 4. The van der Waals surface area contributed by atoms with Crippen LogP contribution in [0.25, 0.3) is 0 Å². The molecule has 1 saturated heterocycles. The maximum absolute atomic E-state index is 12.1. The molecule has 1 atom stereocenters. The minimum atomic E-state index is -3.81. The van der Waals surface area contributed by atoms with Crippen LogP contribution in [0.15, 0.2) is 15.7 Å². The van der Waals surface area contributed by atoms with Crippen LogP contribution >= 0.6 is 0 Å². The molecule has 0 radical (unpaired) electrons. The maximum atomic E-state index is 12.1. The van der Waals surface area contributed by atoms with E-state index in [-0.39, 0.29) is 17.1 Å². The number of nitrogens with zero attached hydrogens (tertiary/aromatic N) is 2. The van der Waals surface area contributed by atoms with Gasteiger partial charge in [-0.05, 0) is 0 Å². The van der Waals surface area contributed by atoms with Crippen LogP contribution in [-0.2, 0) is 20.2 Å². The van der Waals surface area contributed by atoms with Crippen molar-refractivity contribution in [2.45, 2.75) is 37.4 Å². The molecule has 1 aromatic rings. The number of ether oxygens (including phenoxy) is 1. The van der Waals surface area contributed by atoms with Gasteiger partial charge in [-0.1, -0.05) is 20.8 Å². The van der Waals surface area contributed by atoms with E-state index in [2.05, 4.69) is 9.71 Å². The highest BCUT2D eigenvalue weighted by Gasteiger charge is 2.31. The van der Waals surface area contributed by atoms with Gasteiger partial charge < -0.3 is 14.1 Å². The van der Waals surface area contributed by atoms with Gasteiger partial charge in [-0.3, -0.25) is 0 Å². The van der Waals surface area contributed by atoms with E-state index in [1.165, 1.54) is 11.1 Å². The van der Waals surface area contributed by atoms with Gasteiger partial charge in [0.15, 0.2) is 0 Å². The number of hydrogen-bond donors (Lipinski definition) is 1. The number of nitrogens with one attached hydrogen (secondary N) is 1. The number of cyclic esters (lactones) is 1. The third-order valence-corrected chi connectivity index (χ3v) is 4.21. The van der Waals surface area contributed by atoms with Crippen LogP contribution in [0, 0.1) is 0 Å². The average molecular weight is 317 g/mol. The molecule has 1 N–H and O–H groups in total. The summed E-state index contributed by atoms with van der Waals surface area (Å²) in [7, 11) is -2.22. The molecule has 0 saturated carbocycles. The van der Waals surface area contributed by atoms with E-state index in [1.807, 2.05) is 20.8 Å². The summed E-state index contributed by atoms with van der Waals surface area (Å²) in [6, 6.07) is 0. The third kappa shape index (κ3) is 3.53. The summed E-state index contributed by atoms with van der Waals surface area (Å²) in [5.41, 5.74) is -0.378. The van der Waals surface area contributed by atoms with E-state index in [0.29, 0.717) is 12.4 Å². The zero-order chi connectivity index (χ0) is 15.8. The van der Waals surface area contributed by atoms with Gasteiger partial charge >= 0.3 is 6.09 Å². The van der Waals surface area contributed by atoms with Crippen LogP contribution in [0.1, 0.15) is 26.7 Å². The Labute approximate surface area is 123 Å². The lowest BCUT2D eigenvalue weighted by molar-refractivity contribution is 0.135. The molecule has 1 fully saturated rings. The van der Waals surface area contributed by atoms with Gasteiger partial charge in [0.25, 0.3) is 15.1 Å². The first-order valence-electron chi connectivity index (χ1n) is 6.47. The fourth-order valence-corrected chi connectivity index (χ4v) is 2.69. The van der Waals surface area contributed by atoms with E-state index in [4.69, 9.17) is 9.15 Å². The minimum absolute atomic E-state index is 0.00996. The standard InChI is InChI=1S/C12H19N3O5S/c1-12(2,3)10-13-6-9(20-10)21(17,18)14-5-8-7-15(4)11(16)19-8/h6,8,14H,5,7H2,1-4H3/t8-/m1/s1. The van der Waals surface area contributed by atoms with E-state index in [1.54, 1.807) is 7.05 Å². The topological polar surface area (TPSA) is 102 Å². The summed E-state index contributed by atoms with van der Waals surface area (Å²) in [6.07, 6.45) is 0.201. The van der Waals surface area contributed by atoms with E-state index >= 15 is 0 Å². The second-order valence-corrected chi connectivity index (χ2v) is 7.67. The van der Waals surface area contributed by atoms with Crippen molar-refractivity contribution in [2.24, 2.45) is 0 Å². The first-order chi connectivity index (χ1) is 9.59. The molecule has 1 aliphatic heterocycles. The van der Waals surface area contributed by atoms with Crippen molar-refractivity contribution in [3.8, 4) is 0 Å². The lowest BCUT2D eigenvalue weighted by atomic mass is 9.97. The molecule has 0 aliphatic carbocycles. The van der Waals surface area contributed by atoms with Crippen LogP contribution in [-0.4, -0.2) is 50.6 Å². The number of carbonyl (C=O) groups is 1. The number of likely N-dealkylation sites (N-methyl/N-ethyl adjacent to an activating group) is 1. The molecule has 0 aromatic carbocycles. The van der Waals surface area contributed by atoms with Crippen molar-refractivity contribution < 1.29 is 22.4 Å². The number of hydrogen-bond acceptors (Lipinski definition) is 6. The Morgan fingerprint density at radius 3 is 2.62 bits per heavy atom. The third-order valence-electron chi connectivity index (χ3n) is 2.95. The van der Waals surface area contributed by atoms with Gasteiger partial charge in [-0.25, -0.2) is 22.9 Å². The molecular weight excluding hydrogens is 298 g/mol. The summed E-state index contributed by atoms with van der Waals surface area (Å²) in [5.74, 6) is 0.343. The van der Waals surface area contributed by atoms with Gasteiger partial charge in [0.2, 0.25) is 5.89 Å². The Morgan fingerprint density at radius 2 is 2.14 bits per heavy atom. The quantitative estimate of drug-likeness (QED) is 0.877. The molecule has 0 bridgehead atoms. The zero-order valence-electron chi connectivity index (χ0n) is 12.4. The Morgan fingerprint density at radius 1 is 1.48 bits per heavy atom. The van der Waals surface area contributed by atoms with Crippen molar-refractivity contribution in [1.82, 2.24) is 14.6 Å². The molecule has 0 spiro atoms. The zero-order valence-corrected chi connectivity index (χ0v) is 13.2. The number of amides is 1. The lowest BCUT2D eigenvalue weighted by Crippen LogP contribution is -2.34. The van der Waals surface area contributed by atoms with E-state index in [9.17, 15) is 13.2 Å². The predicted octanol–water partition coefficient (Wildman–Crippen LogP) is 0.701. The first kappa shape index (κ1) is 15.8. The number of oxazole rings is 1. The van der Waals surface area contributed by atoms with E-state index in [0.717, 1.165) is 0 Å². The molecule has 0 unspecified atom stereocenters. The molecule has 2 heterocycles. The molecular formula is C12H19N3O5S. The highest BCUT2D eigenvalue weighted by Crippen LogP contribution is 2.23. The maximum Gasteiger partial charge on any atom is 0.410 e. The normalized spacial score (nSPS) is 19.9. The minimum Gasteiger partial charge on any atom is -0.443 e.